The van der Waals surface area contributed by atoms with Crippen molar-refractivity contribution in [3.05, 3.63) is 176 Å². The Kier molecular flexibility index (Phi) is 27.2. The Balaban J connectivity index is 1.33. The maximum Gasteiger partial charge on any atom is 0.463 e. The maximum absolute atomic E-state index is 6.94. The Morgan fingerprint density at radius 2 is 0.380 bits per heavy atom. The van der Waals surface area contributed by atoms with E-state index in [1.807, 2.05) is 0 Å². The van der Waals surface area contributed by atoms with Gasteiger partial charge in [-0.05, 0) is 144 Å². The fourth-order valence-corrected chi connectivity index (χ4v) is 13.0. The lowest BCUT2D eigenvalue weighted by molar-refractivity contribution is 0.141. The van der Waals surface area contributed by atoms with Crippen LogP contribution < -0.4 is 27.1 Å². The number of benzene rings is 6. The van der Waals surface area contributed by atoms with Crippen molar-refractivity contribution < 1.29 is 40.7 Å². The molecule has 6 rings (SSSR count). The van der Waals surface area contributed by atoms with E-state index in [2.05, 4.69) is 197 Å². The van der Waals surface area contributed by atoms with Gasteiger partial charge in [-0.25, -0.2) is 0 Å². The number of hydrogen-bond donors (Lipinski definition) is 0. The van der Waals surface area contributed by atoms with Crippen LogP contribution in [-0.2, 0) is 90.6 Å². The normalized spacial score (nSPS) is 11.5. The first-order chi connectivity index (χ1) is 38.6. The lowest BCUT2D eigenvalue weighted by Gasteiger charge is -2.27. The van der Waals surface area contributed by atoms with Gasteiger partial charge in [0.15, 0.2) is 0 Å². The van der Waals surface area contributed by atoms with Crippen LogP contribution in [0.5, 0.6) is 34.5 Å². The molecule has 0 aromatic heterocycles. The molecular weight excluding hydrogens is 1040 g/mol. The molecule has 0 N–H and O–H groups in total. The molecule has 0 aliphatic carbocycles. The smallest absolute Gasteiger partial charge is 0.417 e. The average molecular weight is 1130 g/mol. The predicted molar refractivity (Wildman–Crippen MR) is 330 cm³/mol. The minimum absolute atomic E-state index is 0.307. The highest BCUT2D eigenvalue weighted by Gasteiger charge is 2.28. The van der Waals surface area contributed by atoms with Gasteiger partial charge < -0.3 is 27.1 Å². The van der Waals surface area contributed by atoms with Gasteiger partial charge in [0.1, 0.15) is 34.5 Å². The van der Waals surface area contributed by atoms with Crippen molar-refractivity contribution in [3.8, 4) is 34.5 Å². The van der Waals surface area contributed by atoms with Crippen LogP contribution in [0.1, 0.15) is 150 Å². The number of para-hydroxylation sites is 6. The van der Waals surface area contributed by atoms with Crippen LogP contribution in [0.4, 0.5) is 0 Å². The van der Waals surface area contributed by atoms with E-state index in [4.69, 9.17) is 40.7 Å². The maximum atomic E-state index is 6.94. The molecule has 0 aliphatic heterocycles. The molecule has 0 amide bonds. The highest BCUT2D eigenvalue weighted by molar-refractivity contribution is 7.43. The fraction of sp³-hybridized carbons (Fsp3) is 0.455. The Hall–Kier alpha value is -4.75. The third-order valence-electron chi connectivity index (χ3n) is 14.4. The second kappa shape index (κ2) is 33.9. The summed E-state index contributed by atoms with van der Waals surface area (Å²) >= 11 is 0. The number of nitrogens with zero attached hydrogens (tertiary/aromatic N) is 1. The molecular formula is C66H90NO9P3. The van der Waals surface area contributed by atoms with Crippen LogP contribution >= 0.6 is 25.8 Å². The average Bonchev–Trinajstić information content (AvgIpc) is 3.49. The standard InChI is InChI=1S/C66H90NO9P3/c1-13-49-31-25-32-50(14-2)61(49)71-77(72-62-51(15-3)33-26-34-52(62)16-4)68-46-43-67(44-47-69-78(73-63-53(17-5)35-27-36-54(63)18-6)74-64-55(19-7)37-28-38-56(64)20-8)45-48-70-79(75-65-57(21-9)39-29-40-58(65)22-10)76-66-59(23-11)41-30-42-60(66)24-12/h25-42H,13-24,43-48H2,1-12H3. The molecule has 0 heterocycles. The summed E-state index contributed by atoms with van der Waals surface area (Å²) in [6, 6.07) is 38.2. The summed E-state index contributed by atoms with van der Waals surface area (Å²) in [6.07, 6.45) is 9.82. The summed E-state index contributed by atoms with van der Waals surface area (Å²) in [5.41, 5.74) is 13.5. The van der Waals surface area contributed by atoms with Crippen molar-refractivity contribution in [1.29, 1.82) is 0 Å². The SMILES string of the molecule is CCc1cccc(CC)c1OP(OCCN(CCOP(Oc1c(CC)cccc1CC)Oc1c(CC)cccc1CC)CCOP(Oc1c(CC)cccc1CC)Oc1c(CC)cccc1CC)Oc1c(CC)cccc1CC. The summed E-state index contributed by atoms with van der Waals surface area (Å²) < 4.78 is 62.2. The van der Waals surface area contributed by atoms with Gasteiger partial charge in [-0.2, -0.15) is 0 Å². The van der Waals surface area contributed by atoms with E-state index in [1.165, 1.54) is 0 Å². The van der Waals surface area contributed by atoms with E-state index < -0.39 is 25.8 Å². The molecule has 0 unspecified atom stereocenters. The van der Waals surface area contributed by atoms with Gasteiger partial charge >= 0.3 is 25.8 Å². The number of aryl methyl sites for hydroxylation is 12. The molecule has 79 heavy (non-hydrogen) atoms. The van der Waals surface area contributed by atoms with E-state index >= 15 is 0 Å². The summed E-state index contributed by atoms with van der Waals surface area (Å²) in [4.78, 5) is 2.30. The Bertz CT molecular complexity index is 2190. The monoisotopic (exact) mass is 1130 g/mol. The van der Waals surface area contributed by atoms with Gasteiger partial charge in [0, 0.05) is 19.6 Å². The van der Waals surface area contributed by atoms with Crippen LogP contribution in [0, 0.1) is 0 Å². The molecule has 0 aliphatic rings. The molecule has 13 heteroatoms. The molecule has 0 atom stereocenters. The van der Waals surface area contributed by atoms with Crippen LogP contribution in [0.25, 0.3) is 0 Å². The molecule has 428 valence electrons. The number of hydrogen-bond acceptors (Lipinski definition) is 10. The van der Waals surface area contributed by atoms with Crippen molar-refractivity contribution in [2.75, 3.05) is 39.5 Å². The zero-order valence-corrected chi connectivity index (χ0v) is 52.3. The highest BCUT2D eigenvalue weighted by atomic mass is 31.2. The van der Waals surface area contributed by atoms with Crippen molar-refractivity contribution in [2.45, 2.75) is 160 Å². The van der Waals surface area contributed by atoms with Crippen LogP contribution in [-0.4, -0.2) is 44.4 Å². The molecule has 0 fully saturated rings. The van der Waals surface area contributed by atoms with Gasteiger partial charge in [0.05, 0.1) is 19.8 Å². The highest BCUT2D eigenvalue weighted by Crippen LogP contribution is 2.49. The first kappa shape index (κ1) is 63.4. The first-order valence-corrected chi connectivity index (χ1v) is 32.7. The number of rotatable bonds is 36. The first-order valence-electron chi connectivity index (χ1n) is 29.4. The Labute approximate surface area is 479 Å². The molecule has 0 bridgehead atoms. The molecule has 0 saturated heterocycles. The second-order valence-corrected chi connectivity index (χ2v) is 22.4. The lowest BCUT2D eigenvalue weighted by Crippen LogP contribution is -2.34. The molecule has 0 spiro atoms. The Morgan fingerprint density at radius 1 is 0.241 bits per heavy atom. The van der Waals surface area contributed by atoms with Crippen molar-refractivity contribution in [1.82, 2.24) is 4.90 Å². The van der Waals surface area contributed by atoms with E-state index in [0.29, 0.717) is 39.5 Å². The van der Waals surface area contributed by atoms with E-state index in [1.54, 1.807) is 0 Å². The van der Waals surface area contributed by atoms with Gasteiger partial charge in [0.25, 0.3) is 0 Å². The van der Waals surface area contributed by atoms with Crippen LogP contribution in [0.3, 0.4) is 0 Å². The van der Waals surface area contributed by atoms with Gasteiger partial charge in [0.2, 0.25) is 0 Å². The largest absolute Gasteiger partial charge is 0.463 e. The van der Waals surface area contributed by atoms with Crippen LogP contribution in [0.15, 0.2) is 109 Å². The van der Waals surface area contributed by atoms with Gasteiger partial charge in [-0.3, -0.25) is 18.5 Å². The quantitative estimate of drug-likeness (QED) is 0.0355. The predicted octanol–water partition coefficient (Wildman–Crippen LogP) is 18.2. The zero-order valence-electron chi connectivity index (χ0n) is 49.6. The summed E-state index contributed by atoms with van der Waals surface area (Å²) in [5.74, 6) is 5.03. The minimum Gasteiger partial charge on any atom is -0.417 e. The molecule has 6 aromatic carbocycles. The Morgan fingerprint density at radius 3 is 0.506 bits per heavy atom. The molecule has 6 aromatic rings. The summed E-state index contributed by atoms with van der Waals surface area (Å²) in [7, 11) is -5.68. The fourth-order valence-electron chi connectivity index (χ4n) is 9.60. The summed E-state index contributed by atoms with van der Waals surface area (Å²) in [5, 5.41) is 0. The molecule has 0 saturated carbocycles. The van der Waals surface area contributed by atoms with Gasteiger partial charge in [-0.1, -0.05) is 192 Å². The van der Waals surface area contributed by atoms with Gasteiger partial charge in [-0.15, -0.1) is 0 Å². The third kappa shape index (κ3) is 17.6. The van der Waals surface area contributed by atoms with E-state index in [0.717, 1.165) is 178 Å². The third-order valence-corrected chi connectivity index (χ3v) is 17.6. The molecule has 10 nitrogen and oxygen atoms in total. The van der Waals surface area contributed by atoms with E-state index in [-0.39, 0.29) is 0 Å². The van der Waals surface area contributed by atoms with E-state index in [9.17, 15) is 0 Å². The van der Waals surface area contributed by atoms with Crippen LogP contribution in [0.2, 0.25) is 0 Å². The summed E-state index contributed by atoms with van der Waals surface area (Å²) in [6.45, 7) is 28.4. The van der Waals surface area contributed by atoms with Crippen molar-refractivity contribution in [2.24, 2.45) is 0 Å². The topological polar surface area (TPSA) is 86.3 Å². The second-order valence-electron chi connectivity index (χ2n) is 19.2. The lowest BCUT2D eigenvalue weighted by atomic mass is 10.1. The molecule has 0 radical (unpaired) electrons. The van der Waals surface area contributed by atoms with Crippen molar-refractivity contribution in [3.63, 3.8) is 0 Å². The minimum atomic E-state index is -1.89. The zero-order chi connectivity index (χ0) is 56.5. The van der Waals surface area contributed by atoms with Crippen molar-refractivity contribution >= 4 is 25.8 Å².